The zero-order valence-corrected chi connectivity index (χ0v) is 11.5. The number of rotatable bonds is 3. The van der Waals surface area contributed by atoms with Crippen LogP contribution in [0.5, 0.6) is 0 Å². The fourth-order valence-corrected chi connectivity index (χ4v) is 2.39. The van der Waals surface area contributed by atoms with Crippen molar-refractivity contribution in [1.82, 2.24) is 20.2 Å². The molecule has 1 unspecified atom stereocenters. The third-order valence-electron chi connectivity index (χ3n) is 3.62. The van der Waals surface area contributed by atoms with Crippen LogP contribution in [0.4, 0.5) is 4.79 Å². The minimum atomic E-state index is -1.05. The van der Waals surface area contributed by atoms with Gasteiger partial charge in [-0.15, -0.1) is 0 Å². The van der Waals surface area contributed by atoms with E-state index < -0.39 is 11.6 Å². The number of carbonyl (C=O) groups is 2. The summed E-state index contributed by atoms with van der Waals surface area (Å²) in [4.78, 5) is 33.9. The molecule has 2 aromatic rings. The molecule has 21 heavy (non-hydrogen) atoms. The van der Waals surface area contributed by atoms with Gasteiger partial charge in [0.15, 0.2) is 0 Å². The molecule has 0 aromatic carbocycles. The molecule has 0 saturated carbocycles. The minimum Gasteiger partial charge on any atom is -0.319 e. The summed E-state index contributed by atoms with van der Waals surface area (Å²) in [7, 11) is 0. The molecule has 0 bridgehead atoms. The number of aromatic nitrogens is 2. The molecule has 0 radical (unpaired) electrons. The molecule has 0 spiro atoms. The maximum atomic E-state index is 12.6. The predicted molar refractivity (Wildman–Crippen MR) is 74.9 cm³/mol. The molecule has 3 heterocycles. The molecule has 1 fully saturated rings. The predicted octanol–water partition coefficient (Wildman–Crippen LogP) is 1.44. The van der Waals surface area contributed by atoms with Crippen molar-refractivity contribution in [2.75, 3.05) is 0 Å². The summed E-state index contributed by atoms with van der Waals surface area (Å²) in [5.74, 6) is -0.268. The smallest absolute Gasteiger partial charge is 0.319 e. The van der Waals surface area contributed by atoms with Gasteiger partial charge in [-0.2, -0.15) is 0 Å². The molecule has 0 aliphatic carbocycles. The topological polar surface area (TPSA) is 75.2 Å². The first-order chi connectivity index (χ1) is 10.1. The molecule has 3 rings (SSSR count). The van der Waals surface area contributed by atoms with Crippen molar-refractivity contribution in [3.05, 3.63) is 60.2 Å². The highest BCUT2D eigenvalue weighted by atomic mass is 16.2. The van der Waals surface area contributed by atoms with E-state index in [-0.39, 0.29) is 12.5 Å². The Balaban J connectivity index is 1.89. The van der Waals surface area contributed by atoms with Crippen molar-refractivity contribution in [3.8, 4) is 0 Å². The van der Waals surface area contributed by atoms with E-state index in [4.69, 9.17) is 0 Å². The third-order valence-corrected chi connectivity index (χ3v) is 3.62. The molecule has 1 atom stereocenters. The van der Waals surface area contributed by atoms with Gasteiger partial charge in [-0.25, -0.2) is 4.79 Å². The van der Waals surface area contributed by atoms with Crippen molar-refractivity contribution in [1.29, 1.82) is 0 Å². The first-order valence-corrected chi connectivity index (χ1v) is 6.55. The van der Waals surface area contributed by atoms with Gasteiger partial charge in [0.2, 0.25) is 0 Å². The summed E-state index contributed by atoms with van der Waals surface area (Å²) in [5.41, 5.74) is 0.521. The first kappa shape index (κ1) is 13.2. The molecule has 1 saturated heterocycles. The van der Waals surface area contributed by atoms with Gasteiger partial charge in [0.05, 0.1) is 6.54 Å². The van der Waals surface area contributed by atoms with E-state index in [0.29, 0.717) is 5.56 Å². The zero-order valence-electron chi connectivity index (χ0n) is 11.5. The number of urea groups is 1. The molecular weight excluding hydrogens is 268 g/mol. The maximum absolute atomic E-state index is 12.6. The molecule has 2 aromatic heterocycles. The largest absolute Gasteiger partial charge is 0.325 e. The number of hydrogen-bond acceptors (Lipinski definition) is 4. The summed E-state index contributed by atoms with van der Waals surface area (Å²) in [6.45, 7) is 1.93. The van der Waals surface area contributed by atoms with Crippen molar-refractivity contribution >= 4 is 11.9 Å². The van der Waals surface area contributed by atoms with Crippen LogP contribution in [0.3, 0.4) is 0 Å². The molecule has 3 amide bonds. The lowest BCUT2D eigenvalue weighted by Crippen LogP contribution is -2.40. The Kier molecular flexibility index (Phi) is 3.13. The maximum Gasteiger partial charge on any atom is 0.325 e. The number of hydrogen-bond donors (Lipinski definition) is 1. The van der Waals surface area contributed by atoms with Crippen molar-refractivity contribution in [3.63, 3.8) is 0 Å². The third kappa shape index (κ3) is 2.24. The normalized spacial score (nSPS) is 21.5. The second kappa shape index (κ2) is 4.97. The number of carbonyl (C=O) groups excluding carboxylic acids is 2. The Labute approximate surface area is 121 Å². The second-order valence-electron chi connectivity index (χ2n) is 5.04. The average molecular weight is 282 g/mol. The van der Waals surface area contributed by atoms with E-state index in [0.717, 1.165) is 5.56 Å². The summed E-state index contributed by atoms with van der Waals surface area (Å²) in [6, 6.07) is 6.63. The number of nitrogens with zero attached hydrogens (tertiary/aromatic N) is 3. The Morgan fingerprint density at radius 2 is 1.62 bits per heavy atom. The molecular formula is C15H14N4O2. The first-order valence-electron chi connectivity index (χ1n) is 6.55. The number of imide groups is 1. The van der Waals surface area contributed by atoms with E-state index in [1.165, 1.54) is 4.90 Å². The minimum absolute atomic E-state index is 0.230. The van der Waals surface area contributed by atoms with Crippen LogP contribution in [-0.4, -0.2) is 26.8 Å². The molecule has 1 aliphatic rings. The molecule has 106 valence electrons. The standard InChI is InChI=1S/C15H14N4O2/c1-15(12-4-8-17-9-5-12)13(20)19(14(21)18-15)10-11-2-6-16-7-3-11/h2-9H,10H2,1H3,(H,18,21). The van der Waals surface area contributed by atoms with Crippen LogP contribution in [0, 0.1) is 0 Å². The highest BCUT2D eigenvalue weighted by Crippen LogP contribution is 2.29. The van der Waals surface area contributed by atoms with E-state index in [1.54, 1.807) is 56.0 Å². The van der Waals surface area contributed by atoms with Gasteiger partial charge >= 0.3 is 6.03 Å². The van der Waals surface area contributed by atoms with Gasteiger partial charge in [-0.1, -0.05) is 0 Å². The Bertz CT molecular complexity index is 675. The van der Waals surface area contributed by atoms with Gasteiger partial charge in [0.1, 0.15) is 5.54 Å². The number of pyridine rings is 2. The van der Waals surface area contributed by atoms with Crippen molar-refractivity contribution < 1.29 is 9.59 Å². The van der Waals surface area contributed by atoms with Crippen LogP contribution in [0.15, 0.2) is 49.1 Å². The van der Waals surface area contributed by atoms with Crippen LogP contribution in [0.25, 0.3) is 0 Å². The molecule has 1 aliphatic heterocycles. The highest BCUT2D eigenvalue weighted by Gasteiger charge is 2.48. The van der Waals surface area contributed by atoms with Gasteiger partial charge < -0.3 is 5.32 Å². The fourth-order valence-electron chi connectivity index (χ4n) is 2.39. The van der Waals surface area contributed by atoms with E-state index in [2.05, 4.69) is 15.3 Å². The lowest BCUT2D eigenvalue weighted by Gasteiger charge is -2.21. The molecule has 6 nitrogen and oxygen atoms in total. The van der Waals surface area contributed by atoms with Crippen LogP contribution in [0.1, 0.15) is 18.1 Å². The summed E-state index contributed by atoms with van der Waals surface area (Å²) < 4.78 is 0. The summed E-state index contributed by atoms with van der Waals surface area (Å²) >= 11 is 0. The van der Waals surface area contributed by atoms with Gasteiger partial charge in [-0.3, -0.25) is 19.7 Å². The Morgan fingerprint density at radius 3 is 2.24 bits per heavy atom. The second-order valence-corrected chi connectivity index (χ2v) is 5.04. The zero-order chi connectivity index (χ0) is 14.9. The SMILES string of the molecule is CC1(c2ccncc2)NC(=O)N(Cc2ccncc2)C1=O. The van der Waals surface area contributed by atoms with Crippen LogP contribution in [-0.2, 0) is 16.9 Å². The van der Waals surface area contributed by atoms with E-state index in [9.17, 15) is 9.59 Å². The van der Waals surface area contributed by atoms with Crippen molar-refractivity contribution in [2.45, 2.75) is 19.0 Å². The van der Waals surface area contributed by atoms with Crippen LogP contribution < -0.4 is 5.32 Å². The highest BCUT2D eigenvalue weighted by molar-refractivity contribution is 6.07. The number of nitrogens with one attached hydrogen (secondary N) is 1. The Hall–Kier alpha value is -2.76. The summed E-state index contributed by atoms with van der Waals surface area (Å²) in [6.07, 6.45) is 6.47. The lowest BCUT2D eigenvalue weighted by molar-refractivity contribution is -0.131. The average Bonchev–Trinajstić information content (AvgIpc) is 2.74. The van der Waals surface area contributed by atoms with Crippen molar-refractivity contribution in [2.24, 2.45) is 0 Å². The van der Waals surface area contributed by atoms with Crippen LogP contribution >= 0.6 is 0 Å². The lowest BCUT2D eigenvalue weighted by atomic mass is 9.93. The number of amides is 3. The Morgan fingerprint density at radius 1 is 1.05 bits per heavy atom. The van der Waals surface area contributed by atoms with Gasteiger partial charge in [0, 0.05) is 24.8 Å². The molecule has 1 N–H and O–H groups in total. The van der Waals surface area contributed by atoms with Gasteiger partial charge in [0.25, 0.3) is 5.91 Å². The van der Waals surface area contributed by atoms with E-state index >= 15 is 0 Å². The molecule has 6 heteroatoms. The van der Waals surface area contributed by atoms with E-state index in [1.807, 2.05) is 0 Å². The quantitative estimate of drug-likeness (QED) is 0.864. The van der Waals surface area contributed by atoms with Crippen LogP contribution in [0.2, 0.25) is 0 Å². The fraction of sp³-hybridized carbons (Fsp3) is 0.200. The van der Waals surface area contributed by atoms with Gasteiger partial charge in [-0.05, 0) is 42.3 Å². The summed E-state index contributed by atoms with van der Waals surface area (Å²) in [5, 5.41) is 2.76. The monoisotopic (exact) mass is 282 g/mol.